The standard InChI is InChI=1S/C28H46O8/c1-8-10-19(30)35-26-24(32)21(15(3)4)22-23(28(26,7)33)18-14-16(5)17(29)12-13-27(6,25(22)34-18)36-20(31)11-9-2/h15,17-18,21-26,29,32-33H,5,8-14H2,1-4,6-7H3/t17-,18+,21+,22+,23+,24-,25+,26+,27+,28-/m0/s1. The summed E-state index contributed by atoms with van der Waals surface area (Å²) in [5.41, 5.74) is -2.10. The quantitative estimate of drug-likeness (QED) is 0.352. The number of carbonyl (C=O) groups is 2. The molecule has 2 aliphatic heterocycles. The summed E-state index contributed by atoms with van der Waals surface area (Å²) >= 11 is 0. The molecular weight excluding hydrogens is 464 g/mol. The van der Waals surface area contributed by atoms with Gasteiger partial charge in [-0.15, -0.1) is 0 Å². The first kappa shape index (κ1) is 29.1. The number of hydrogen-bond acceptors (Lipinski definition) is 8. The maximum Gasteiger partial charge on any atom is 0.306 e. The zero-order chi connectivity index (χ0) is 27.0. The van der Waals surface area contributed by atoms with Crippen LogP contribution in [0.15, 0.2) is 12.2 Å². The summed E-state index contributed by atoms with van der Waals surface area (Å²) in [5, 5.41) is 34.3. The normalized spacial score (nSPS) is 42.8. The number of ether oxygens (including phenoxy) is 3. The molecule has 36 heavy (non-hydrogen) atoms. The topological polar surface area (TPSA) is 123 Å². The second kappa shape index (κ2) is 11.1. The fourth-order valence-electron chi connectivity index (χ4n) is 6.92. The van der Waals surface area contributed by atoms with Crippen LogP contribution in [-0.4, -0.2) is 69.0 Å². The minimum absolute atomic E-state index is 0.0341. The SMILES string of the molecule is C=C1C[C@H]2O[C@H]([C@@H]3[C@@H](C(C)C)[C@H](O)[C@@H](OC(=O)CCC)[C@@](C)(O)[C@@H]32)[C@](C)(OC(=O)CCC)CC[C@@H]1O. The van der Waals surface area contributed by atoms with Gasteiger partial charge in [-0.2, -0.15) is 0 Å². The Balaban J connectivity index is 2.12. The molecule has 8 heteroatoms. The number of aliphatic hydroxyl groups excluding tert-OH is 2. The summed E-state index contributed by atoms with van der Waals surface area (Å²) in [6.07, 6.45) is -1.52. The van der Waals surface area contributed by atoms with Crippen molar-refractivity contribution < 1.29 is 39.1 Å². The van der Waals surface area contributed by atoms with E-state index in [1.54, 1.807) is 6.92 Å². The van der Waals surface area contributed by atoms with Gasteiger partial charge in [0.05, 0.1) is 18.3 Å². The van der Waals surface area contributed by atoms with Crippen LogP contribution in [-0.2, 0) is 23.8 Å². The smallest absolute Gasteiger partial charge is 0.306 e. The molecule has 0 spiro atoms. The van der Waals surface area contributed by atoms with Crippen LogP contribution >= 0.6 is 0 Å². The molecule has 0 unspecified atom stereocenters. The van der Waals surface area contributed by atoms with E-state index in [1.165, 1.54) is 0 Å². The Morgan fingerprint density at radius 1 is 1.14 bits per heavy atom. The van der Waals surface area contributed by atoms with Crippen molar-refractivity contribution in [1.29, 1.82) is 0 Å². The lowest BCUT2D eigenvalue weighted by Gasteiger charge is -2.54. The molecule has 0 radical (unpaired) electrons. The molecule has 8 nitrogen and oxygen atoms in total. The fraction of sp³-hybridized carbons (Fsp3) is 0.857. The lowest BCUT2D eigenvalue weighted by atomic mass is 9.55. The number of fused-ring (bicyclic) bond motifs is 5. The summed E-state index contributed by atoms with van der Waals surface area (Å²) in [4.78, 5) is 25.2. The number of carbonyl (C=O) groups excluding carboxylic acids is 2. The molecule has 3 rings (SSSR count). The van der Waals surface area contributed by atoms with Gasteiger partial charge in [0.1, 0.15) is 17.3 Å². The first-order chi connectivity index (χ1) is 16.8. The average Bonchev–Trinajstić information content (AvgIpc) is 3.16. The largest absolute Gasteiger partial charge is 0.457 e. The summed E-state index contributed by atoms with van der Waals surface area (Å²) in [5.74, 6) is -2.13. The Hall–Kier alpha value is -1.48. The van der Waals surface area contributed by atoms with Gasteiger partial charge in [-0.25, -0.2) is 0 Å². The molecule has 206 valence electrons. The van der Waals surface area contributed by atoms with E-state index >= 15 is 0 Å². The lowest BCUT2D eigenvalue weighted by molar-refractivity contribution is -0.234. The van der Waals surface area contributed by atoms with Gasteiger partial charge in [0, 0.05) is 24.7 Å². The van der Waals surface area contributed by atoms with Gasteiger partial charge in [0.2, 0.25) is 0 Å². The molecule has 0 aromatic carbocycles. The van der Waals surface area contributed by atoms with Gasteiger partial charge in [0.15, 0.2) is 6.10 Å². The molecular formula is C28H46O8. The van der Waals surface area contributed by atoms with Crippen molar-refractivity contribution in [2.24, 2.45) is 23.7 Å². The van der Waals surface area contributed by atoms with Crippen LogP contribution < -0.4 is 0 Å². The van der Waals surface area contributed by atoms with Gasteiger partial charge in [-0.1, -0.05) is 34.3 Å². The molecule has 0 aromatic heterocycles. The molecule has 0 aromatic rings. The second-order valence-electron chi connectivity index (χ2n) is 11.9. The van der Waals surface area contributed by atoms with Crippen LogP contribution in [0.4, 0.5) is 0 Å². The van der Waals surface area contributed by atoms with E-state index in [0.29, 0.717) is 37.7 Å². The van der Waals surface area contributed by atoms with E-state index in [0.717, 1.165) is 0 Å². The third-order valence-electron chi connectivity index (χ3n) is 8.62. The van der Waals surface area contributed by atoms with Crippen LogP contribution in [0.3, 0.4) is 0 Å². The van der Waals surface area contributed by atoms with Gasteiger partial charge >= 0.3 is 11.9 Å². The molecule has 3 fully saturated rings. The van der Waals surface area contributed by atoms with E-state index in [9.17, 15) is 24.9 Å². The first-order valence-corrected chi connectivity index (χ1v) is 13.6. The maximum absolute atomic E-state index is 12.7. The van der Waals surface area contributed by atoms with E-state index in [4.69, 9.17) is 14.2 Å². The van der Waals surface area contributed by atoms with Crippen molar-refractivity contribution in [3.05, 3.63) is 12.2 Å². The third-order valence-corrected chi connectivity index (χ3v) is 8.62. The van der Waals surface area contributed by atoms with E-state index in [2.05, 4.69) is 6.58 Å². The Morgan fingerprint density at radius 3 is 2.33 bits per heavy atom. The number of hydrogen-bond donors (Lipinski definition) is 3. The molecule has 2 bridgehead atoms. The Bertz CT molecular complexity index is 822. The van der Waals surface area contributed by atoms with E-state index < -0.39 is 53.6 Å². The maximum atomic E-state index is 12.7. The highest BCUT2D eigenvalue weighted by Gasteiger charge is 2.68. The Kier molecular flexibility index (Phi) is 8.96. The fourth-order valence-corrected chi connectivity index (χ4v) is 6.92. The third kappa shape index (κ3) is 5.38. The zero-order valence-corrected chi connectivity index (χ0v) is 22.7. The molecule has 10 atom stereocenters. The first-order valence-electron chi connectivity index (χ1n) is 13.6. The predicted octanol–water partition coefficient (Wildman–Crippen LogP) is 3.30. The predicted molar refractivity (Wildman–Crippen MR) is 134 cm³/mol. The van der Waals surface area contributed by atoms with Gasteiger partial charge in [-0.3, -0.25) is 9.59 Å². The minimum atomic E-state index is -1.61. The monoisotopic (exact) mass is 510 g/mol. The molecule has 1 aliphatic carbocycles. The highest BCUT2D eigenvalue weighted by Crippen LogP contribution is 2.57. The van der Waals surface area contributed by atoms with Crippen molar-refractivity contribution in [3.8, 4) is 0 Å². The van der Waals surface area contributed by atoms with Crippen molar-refractivity contribution in [3.63, 3.8) is 0 Å². The van der Waals surface area contributed by atoms with E-state index in [1.807, 2.05) is 34.6 Å². The Labute approximate surface area is 215 Å². The summed E-state index contributed by atoms with van der Waals surface area (Å²) in [6, 6.07) is 0. The summed E-state index contributed by atoms with van der Waals surface area (Å²) in [7, 11) is 0. The molecule has 3 N–H and O–H groups in total. The second-order valence-corrected chi connectivity index (χ2v) is 11.9. The number of rotatable bonds is 7. The van der Waals surface area contributed by atoms with Crippen LogP contribution in [0, 0.1) is 23.7 Å². The minimum Gasteiger partial charge on any atom is -0.457 e. The zero-order valence-electron chi connectivity index (χ0n) is 22.7. The van der Waals surface area contributed by atoms with Gasteiger partial charge < -0.3 is 29.5 Å². The molecule has 0 amide bonds. The number of esters is 2. The average molecular weight is 511 g/mol. The van der Waals surface area contributed by atoms with Crippen molar-refractivity contribution in [2.75, 3.05) is 0 Å². The summed E-state index contributed by atoms with van der Waals surface area (Å²) < 4.78 is 18.5. The highest BCUT2D eigenvalue weighted by atomic mass is 16.6. The molecule has 2 heterocycles. The highest BCUT2D eigenvalue weighted by molar-refractivity contribution is 5.70. The molecule has 1 saturated carbocycles. The molecule has 3 aliphatic rings. The van der Waals surface area contributed by atoms with Gasteiger partial charge in [-0.05, 0) is 63.4 Å². The Morgan fingerprint density at radius 2 is 1.75 bits per heavy atom. The van der Waals surface area contributed by atoms with Crippen molar-refractivity contribution in [1.82, 2.24) is 0 Å². The number of aliphatic hydroxyl groups is 3. The van der Waals surface area contributed by atoms with Crippen molar-refractivity contribution in [2.45, 2.75) is 128 Å². The van der Waals surface area contributed by atoms with E-state index in [-0.39, 0.29) is 36.6 Å². The van der Waals surface area contributed by atoms with Gasteiger partial charge in [0.25, 0.3) is 0 Å². The van der Waals surface area contributed by atoms with Crippen LogP contribution in [0.2, 0.25) is 0 Å². The molecule has 2 saturated heterocycles. The van der Waals surface area contributed by atoms with Crippen LogP contribution in [0.1, 0.15) is 86.5 Å². The summed E-state index contributed by atoms with van der Waals surface area (Å²) in [6.45, 7) is 15.3. The van der Waals surface area contributed by atoms with Crippen LogP contribution in [0.5, 0.6) is 0 Å². The van der Waals surface area contributed by atoms with Crippen molar-refractivity contribution >= 4 is 11.9 Å². The lowest BCUT2D eigenvalue weighted by Crippen LogP contribution is -2.67. The van der Waals surface area contributed by atoms with Crippen LogP contribution in [0.25, 0.3) is 0 Å².